The lowest BCUT2D eigenvalue weighted by molar-refractivity contribution is 0.523. The van der Waals surface area contributed by atoms with E-state index in [0.29, 0.717) is 0 Å². The highest BCUT2D eigenvalue weighted by Gasteiger charge is 1.94. The minimum absolute atomic E-state index is 0.145. The largest absolute Gasteiger partial charge is 0.326 e. The predicted octanol–water partition coefficient (Wildman–Crippen LogP) is -0.375. The summed E-state index contributed by atoms with van der Waals surface area (Å²) < 4.78 is 1.71. The SMILES string of the molecule is C[C@@H](N)Cn1ccnn1. The molecule has 4 heteroatoms. The van der Waals surface area contributed by atoms with Crippen LogP contribution in [-0.4, -0.2) is 21.0 Å². The van der Waals surface area contributed by atoms with Gasteiger partial charge in [-0.1, -0.05) is 5.21 Å². The Balaban J connectivity index is 2.48. The lowest BCUT2D eigenvalue weighted by Crippen LogP contribution is -2.22. The summed E-state index contributed by atoms with van der Waals surface area (Å²) in [5.41, 5.74) is 5.50. The van der Waals surface area contributed by atoms with Crippen LogP contribution in [0.3, 0.4) is 0 Å². The van der Waals surface area contributed by atoms with Gasteiger partial charge in [-0.05, 0) is 6.92 Å². The van der Waals surface area contributed by atoms with E-state index in [-0.39, 0.29) is 6.04 Å². The summed E-state index contributed by atoms with van der Waals surface area (Å²) in [5, 5.41) is 7.38. The molecule has 4 nitrogen and oxygen atoms in total. The van der Waals surface area contributed by atoms with Gasteiger partial charge in [0.15, 0.2) is 0 Å². The number of aromatic nitrogens is 3. The molecular weight excluding hydrogens is 116 g/mol. The van der Waals surface area contributed by atoms with Crippen molar-refractivity contribution in [2.75, 3.05) is 0 Å². The van der Waals surface area contributed by atoms with Crippen LogP contribution in [0.15, 0.2) is 12.4 Å². The summed E-state index contributed by atoms with van der Waals surface area (Å²) in [5.74, 6) is 0. The van der Waals surface area contributed by atoms with E-state index >= 15 is 0 Å². The predicted molar refractivity (Wildman–Crippen MR) is 33.7 cm³/mol. The Morgan fingerprint density at radius 1 is 1.78 bits per heavy atom. The molecule has 0 saturated heterocycles. The van der Waals surface area contributed by atoms with Crippen molar-refractivity contribution in [1.29, 1.82) is 0 Å². The molecule has 0 fully saturated rings. The maximum atomic E-state index is 5.50. The van der Waals surface area contributed by atoms with Crippen LogP contribution in [0, 0.1) is 0 Å². The van der Waals surface area contributed by atoms with E-state index < -0.39 is 0 Å². The fourth-order valence-corrected chi connectivity index (χ4v) is 0.625. The van der Waals surface area contributed by atoms with Gasteiger partial charge in [0.05, 0.1) is 12.7 Å². The number of rotatable bonds is 2. The second-order valence-electron chi connectivity index (χ2n) is 2.10. The molecule has 0 unspecified atom stereocenters. The number of hydrogen-bond acceptors (Lipinski definition) is 3. The van der Waals surface area contributed by atoms with Crippen LogP contribution < -0.4 is 5.73 Å². The highest BCUT2D eigenvalue weighted by Crippen LogP contribution is 1.83. The maximum Gasteiger partial charge on any atom is 0.0692 e. The molecule has 0 radical (unpaired) electrons. The van der Waals surface area contributed by atoms with E-state index in [9.17, 15) is 0 Å². The van der Waals surface area contributed by atoms with Gasteiger partial charge in [-0.15, -0.1) is 5.10 Å². The summed E-state index contributed by atoms with van der Waals surface area (Å²) in [6, 6.07) is 0.145. The second-order valence-corrected chi connectivity index (χ2v) is 2.10. The van der Waals surface area contributed by atoms with E-state index in [1.54, 1.807) is 17.1 Å². The van der Waals surface area contributed by atoms with E-state index in [0.717, 1.165) is 6.54 Å². The molecule has 0 amide bonds. The number of hydrogen-bond donors (Lipinski definition) is 1. The number of nitrogens with zero attached hydrogens (tertiary/aromatic N) is 3. The maximum absolute atomic E-state index is 5.50. The summed E-state index contributed by atoms with van der Waals surface area (Å²) in [7, 11) is 0. The van der Waals surface area contributed by atoms with E-state index in [2.05, 4.69) is 10.3 Å². The normalized spacial score (nSPS) is 13.6. The van der Waals surface area contributed by atoms with Crippen molar-refractivity contribution in [2.24, 2.45) is 5.73 Å². The molecule has 0 aliphatic carbocycles. The Bertz CT molecular complexity index is 155. The van der Waals surface area contributed by atoms with Crippen molar-refractivity contribution < 1.29 is 0 Å². The molecule has 0 spiro atoms. The van der Waals surface area contributed by atoms with Gasteiger partial charge in [-0.25, -0.2) is 0 Å². The van der Waals surface area contributed by atoms with Crippen molar-refractivity contribution in [3.63, 3.8) is 0 Å². The first-order valence-electron chi connectivity index (χ1n) is 2.88. The van der Waals surface area contributed by atoms with Gasteiger partial charge >= 0.3 is 0 Å². The second kappa shape index (κ2) is 2.59. The molecule has 9 heavy (non-hydrogen) atoms. The van der Waals surface area contributed by atoms with Crippen molar-refractivity contribution in [1.82, 2.24) is 15.0 Å². The quantitative estimate of drug-likeness (QED) is 0.588. The summed E-state index contributed by atoms with van der Waals surface area (Å²) in [4.78, 5) is 0. The van der Waals surface area contributed by atoms with Crippen LogP contribution in [-0.2, 0) is 6.54 Å². The van der Waals surface area contributed by atoms with Gasteiger partial charge < -0.3 is 5.73 Å². The molecule has 0 aliphatic heterocycles. The molecule has 2 N–H and O–H groups in total. The Morgan fingerprint density at radius 3 is 3.00 bits per heavy atom. The molecule has 1 rings (SSSR count). The first-order valence-corrected chi connectivity index (χ1v) is 2.88. The fourth-order valence-electron chi connectivity index (χ4n) is 0.625. The zero-order valence-electron chi connectivity index (χ0n) is 5.36. The molecule has 0 aromatic carbocycles. The van der Waals surface area contributed by atoms with Crippen molar-refractivity contribution in [3.8, 4) is 0 Å². The van der Waals surface area contributed by atoms with Gasteiger partial charge in [0.25, 0.3) is 0 Å². The van der Waals surface area contributed by atoms with E-state index in [1.807, 2.05) is 6.92 Å². The van der Waals surface area contributed by atoms with E-state index in [4.69, 9.17) is 5.73 Å². The summed E-state index contributed by atoms with van der Waals surface area (Å²) in [6.07, 6.45) is 3.44. The molecule has 1 heterocycles. The zero-order valence-corrected chi connectivity index (χ0v) is 5.36. The third-order valence-electron chi connectivity index (χ3n) is 0.947. The van der Waals surface area contributed by atoms with Crippen LogP contribution in [0.5, 0.6) is 0 Å². The summed E-state index contributed by atoms with van der Waals surface area (Å²) >= 11 is 0. The molecule has 0 bridgehead atoms. The minimum Gasteiger partial charge on any atom is -0.326 e. The van der Waals surface area contributed by atoms with Crippen molar-refractivity contribution in [3.05, 3.63) is 12.4 Å². The Kier molecular flexibility index (Phi) is 1.79. The lowest BCUT2D eigenvalue weighted by atomic mass is 10.4. The standard InChI is InChI=1S/C5H10N4/c1-5(6)4-9-3-2-7-8-9/h2-3,5H,4,6H2,1H3/t5-/m1/s1. The average molecular weight is 126 g/mol. The van der Waals surface area contributed by atoms with Crippen LogP contribution >= 0.6 is 0 Å². The van der Waals surface area contributed by atoms with Gasteiger partial charge in [0.1, 0.15) is 0 Å². The molecule has 50 valence electrons. The third kappa shape index (κ3) is 1.81. The first kappa shape index (κ1) is 6.22. The van der Waals surface area contributed by atoms with Crippen LogP contribution in [0.1, 0.15) is 6.92 Å². The Labute approximate surface area is 53.7 Å². The van der Waals surface area contributed by atoms with Gasteiger partial charge in [-0.3, -0.25) is 4.68 Å². The summed E-state index contributed by atoms with van der Waals surface area (Å²) in [6.45, 7) is 2.67. The topological polar surface area (TPSA) is 56.7 Å². The lowest BCUT2D eigenvalue weighted by Gasteiger charge is -2.01. The number of nitrogens with two attached hydrogens (primary N) is 1. The molecule has 1 aromatic heterocycles. The first-order chi connectivity index (χ1) is 4.29. The van der Waals surface area contributed by atoms with Crippen LogP contribution in [0.4, 0.5) is 0 Å². The van der Waals surface area contributed by atoms with Gasteiger partial charge in [0.2, 0.25) is 0 Å². The Morgan fingerprint density at radius 2 is 2.56 bits per heavy atom. The Hall–Kier alpha value is -0.900. The molecule has 0 aliphatic rings. The van der Waals surface area contributed by atoms with Crippen molar-refractivity contribution >= 4 is 0 Å². The van der Waals surface area contributed by atoms with Crippen LogP contribution in [0.25, 0.3) is 0 Å². The smallest absolute Gasteiger partial charge is 0.0692 e. The fraction of sp³-hybridized carbons (Fsp3) is 0.600. The van der Waals surface area contributed by atoms with Crippen molar-refractivity contribution in [2.45, 2.75) is 19.5 Å². The van der Waals surface area contributed by atoms with Crippen LogP contribution in [0.2, 0.25) is 0 Å². The molecule has 1 aromatic rings. The molecular formula is C5H10N4. The zero-order chi connectivity index (χ0) is 6.69. The highest BCUT2D eigenvalue weighted by molar-refractivity contribution is 4.65. The van der Waals surface area contributed by atoms with Gasteiger partial charge in [-0.2, -0.15) is 0 Å². The highest BCUT2D eigenvalue weighted by atomic mass is 15.4. The van der Waals surface area contributed by atoms with E-state index in [1.165, 1.54) is 0 Å². The van der Waals surface area contributed by atoms with Gasteiger partial charge in [0, 0.05) is 12.2 Å². The molecule has 1 atom stereocenters. The monoisotopic (exact) mass is 126 g/mol. The minimum atomic E-state index is 0.145. The average Bonchev–Trinajstić information content (AvgIpc) is 2.15. The molecule has 0 saturated carbocycles. The third-order valence-corrected chi connectivity index (χ3v) is 0.947.